The summed E-state index contributed by atoms with van der Waals surface area (Å²) in [6.07, 6.45) is 2.53. The molecule has 0 unspecified atom stereocenters. The number of ether oxygens (including phenoxy) is 1. The van der Waals surface area contributed by atoms with E-state index in [2.05, 4.69) is 5.32 Å². The third kappa shape index (κ3) is 3.90. The van der Waals surface area contributed by atoms with Gasteiger partial charge in [0.05, 0.1) is 5.60 Å². The molecule has 1 fully saturated rings. The van der Waals surface area contributed by atoms with Gasteiger partial charge in [-0.2, -0.15) is 0 Å². The van der Waals surface area contributed by atoms with E-state index in [0.29, 0.717) is 18.7 Å². The summed E-state index contributed by atoms with van der Waals surface area (Å²) in [4.78, 5) is 12.4. The van der Waals surface area contributed by atoms with E-state index in [1.165, 1.54) is 0 Å². The van der Waals surface area contributed by atoms with Gasteiger partial charge in [-0.1, -0.05) is 36.4 Å². The van der Waals surface area contributed by atoms with Gasteiger partial charge >= 0.3 is 0 Å². The minimum absolute atomic E-state index is 0.169. The maximum atomic E-state index is 12.4. The molecule has 4 nitrogen and oxygen atoms in total. The van der Waals surface area contributed by atoms with E-state index < -0.39 is 5.60 Å². The SMILES string of the molecule is O=C(NCC1(O)CCC1)c1ccccc1COc1ccccc1. The maximum Gasteiger partial charge on any atom is 0.251 e. The summed E-state index contributed by atoms with van der Waals surface area (Å²) in [7, 11) is 0. The van der Waals surface area contributed by atoms with E-state index in [4.69, 9.17) is 4.74 Å². The van der Waals surface area contributed by atoms with Gasteiger partial charge in [0.15, 0.2) is 0 Å². The van der Waals surface area contributed by atoms with Crippen LogP contribution in [0, 0.1) is 0 Å². The van der Waals surface area contributed by atoms with Crippen molar-refractivity contribution in [1.29, 1.82) is 0 Å². The molecule has 0 atom stereocenters. The average Bonchev–Trinajstić information content (AvgIpc) is 2.57. The van der Waals surface area contributed by atoms with Crippen molar-refractivity contribution >= 4 is 5.91 Å². The van der Waals surface area contributed by atoms with Crippen molar-refractivity contribution in [3.63, 3.8) is 0 Å². The Hall–Kier alpha value is -2.33. The molecule has 2 aromatic rings. The molecular weight excluding hydrogens is 290 g/mol. The third-order valence-electron chi connectivity index (χ3n) is 4.26. The number of carbonyl (C=O) groups excluding carboxylic acids is 1. The van der Waals surface area contributed by atoms with Gasteiger partial charge in [0.2, 0.25) is 0 Å². The Kier molecular flexibility index (Phi) is 4.63. The van der Waals surface area contributed by atoms with Crippen LogP contribution in [0.1, 0.15) is 35.2 Å². The lowest BCUT2D eigenvalue weighted by atomic mass is 9.80. The van der Waals surface area contributed by atoms with Crippen molar-refractivity contribution in [1.82, 2.24) is 5.32 Å². The summed E-state index contributed by atoms with van der Waals surface area (Å²) in [6.45, 7) is 0.636. The summed E-state index contributed by atoms with van der Waals surface area (Å²) in [5.74, 6) is 0.601. The molecule has 0 radical (unpaired) electrons. The number of rotatable bonds is 6. The lowest BCUT2D eigenvalue weighted by Gasteiger charge is -2.36. The Morgan fingerprint density at radius 1 is 1.09 bits per heavy atom. The second kappa shape index (κ2) is 6.84. The zero-order chi connectivity index (χ0) is 16.1. The van der Waals surface area contributed by atoms with Crippen LogP contribution in [0.15, 0.2) is 54.6 Å². The van der Waals surface area contributed by atoms with E-state index in [1.807, 2.05) is 48.5 Å². The molecule has 23 heavy (non-hydrogen) atoms. The highest BCUT2D eigenvalue weighted by molar-refractivity contribution is 5.95. The standard InChI is InChI=1S/C19H21NO3/c21-18(20-14-19(22)11-6-12-19)17-10-5-4-7-15(17)13-23-16-8-2-1-3-9-16/h1-5,7-10,22H,6,11-14H2,(H,20,21). The first kappa shape index (κ1) is 15.6. The molecule has 0 heterocycles. The predicted octanol–water partition coefficient (Wildman–Crippen LogP) is 2.91. The second-order valence-electron chi connectivity index (χ2n) is 6.02. The van der Waals surface area contributed by atoms with E-state index in [0.717, 1.165) is 30.6 Å². The van der Waals surface area contributed by atoms with E-state index in [1.54, 1.807) is 6.07 Å². The fraction of sp³-hybridized carbons (Fsp3) is 0.316. The Labute approximate surface area is 136 Å². The van der Waals surface area contributed by atoms with Crippen LogP contribution in [-0.4, -0.2) is 23.2 Å². The van der Waals surface area contributed by atoms with Crippen LogP contribution in [0.2, 0.25) is 0 Å². The van der Waals surface area contributed by atoms with E-state index in [-0.39, 0.29) is 5.91 Å². The summed E-state index contributed by atoms with van der Waals surface area (Å²) in [6, 6.07) is 16.9. The fourth-order valence-electron chi connectivity index (χ4n) is 2.65. The molecule has 2 N–H and O–H groups in total. The van der Waals surface area contributed by atoms with Gasteiger partial charge in [-0.25, -0.2) is 0 Å². The predicted molar refractivity (Wildman–Crippen MR) is 88.4 cm³/mol. The lowest BCUT2D eigenvalue weighted by Crippen LogP contribution is -2.47. The number of benzene rings is 2. The highest BCUT2D eigenvalue weighted by Gasteiger charge is 2.34. The minimum atomic E-state index is -0.717. The van der Waals surface area contributed by atoms with Crippen molar-refractivity contribution in [3.05, 3.63) is 65.7 Å². The molecule has 0 aromatic heterocycles. The highest BCUT2D eigenvalue weighted by atomic mass is 16.5. The number of carbonyl (C=O) groups is 1. The first-order valence-electron chi connectivity index (χ1n) is 7.93. The highest BCUT2D eigenvalue weighted by Crippen LogP contribution is 2.30. The molecule has 0 bridgehead atoms. The Bertz CT molecular complexity index is 665. The van der Waals surface area contributed by atoms with Gasteiger partial charge in [-0.15, -0.1) is 0 Å². The normalized spacial score (nSPS) is 15.5. The van der Waals surface area contributed by atoms with Crippen molar-refractivity contribution in [2.45, 2.75) is 31.5 Å². The molecule has 0 spiro atoms. The quantitative estimate of drug-likeness (QED) is 0.862. The van der Waals surface area contributed by atoms with Gasteiger partial charge in [0.1, 0.15) is 12.4 Å². The Morgan fingerprint density at radius 2 is 1.78 bits per heavy atom. The first-order chi connectivity index (χ1) is 11.2. The largest absolute Gasteiger partial charge is 0.489 e. The number of aliphatic hydroxyl groups is 1. The first-order valence-corrected chi connectivity index (χ1v) is 7.93. The second-order valence-corrected chi connectivity index (χ2v) is 6.02. The zero-order valence-corrected chi connectivity index (χ0v) is 13.0. The van der Waals surface area contributed by atoms with Crippen LogP contribution in [0.4, 0.5) is 0 Å². The van der Waals surface area contributed by atoms with E-state index in [9.17, 15) is 9.90 Å². The van der Waals surface area contributed by atoms with Gasteiger partial charge in [0, 0.05) is 17.7 Å². The van der Waals surface area contributed by atoms with Crippen LogP contribution in [0.5, 0.6) is 5.75 Å². The Balaban J connectivity index is 1.63. The number of hydrogen-bond donors (Lipinski definition) is 2. The summed E-state index contributed by atoms with van der Waals surface area (Å²) >= 11 is 0. The summed E-state index contributed by atoms with van der Waals surface area (Å²) in [5.41, 5.74) is 0.700. The molecule has 4 heteroatoms. The summed E-state index contributed by atoms with van der Waals surface area (Å²) in [5, 5.41) is 12.9. The molecular formula is C19H21NO3. The summed E-state index contributed by atoms with van der Waals surface area (Å²) < 4.78 is 5.73. The van der Waals surface area contributed by atoms with Crippen LogP contribution in [0.25, 0.3) is 0 Å². The van der Waals surface area contributed by atoms with Crippen LogP contribution in [-0.2, 0) is 6.61 Å². The van der Waals surface area contributed by atoms with Crippen LogP contribution >= 0.6 is 0 Å². The van der Waals surface area contributed by atoms with Gasteiger partial charge < -0.3 is 15.2 Å². The number of para-hydroxylation sites is 1. The van der Waals surface area contributed by atoms with Crippen molar-refractivity contribution in [2.24, 2.45) is 0 Å². The third-order valence-corrected chi connectivity index (χ3v) is 4.26. The van der Waals surface area contributed by atoms with E-state index >= 15 is 0 Å². The van der Waals surface area contributed by atoms with Crippen LogP contribution in [0.3, 0.4) is 0 Å². The van der Waals surface area contributed by atoms with Gasteiger partial charge in [-0.3, -0.25) is 4.79 Å². The molecule has 120 valence electrons. The molecule has 0 aliphatic heterocycles. The molecule has 1 aliphatic rings. The maximum absolute atomic E-state index is 12.4. The molecule has 1 aliphatic carbocycles. The van der Waals surface area contributed by atoms with Crippen LogP contribution < -0.4 is 10.1 Å². The fourth-order valence-corrected chi connectivity index (χ4v) is 2.65. The topological polar surface area (TPSA) is 58.6 Å². The average molecular weight is 311 g/mol. The molecule has 0 saturated heterocycles. The van der Waals surface area contributed by atoms with Crippen molar-refractivity contribution < 1.29 is 14.6 Å². The van der Waals surface area contributed by atoms with Gasteiger partial charge in [-0.05, 0) is 37.5 Å². The van der Waals surface area contributed by atoms with Gasteiger partial charge in [0.25, 0.3) is 5.91 Å². The molecule has 3 rings (SSSR count). The lowest BCUT2D eigenvalue weighted by molar-refractivity contribution is -0.0300. The molecule has 1 saturated carbocycles. The molecule has 2 aromatic carbocycles. The number of amides is 1. The number of nitrogens with one attached hydrogen (secondary N) is 1. The monoisotopic (exact) mass is 311 g/mol. The number of hydrogen-bond acceptors (Lipinski definition) is 3. The minimum Gasteiger partial charge on any atom is -0.489 e. The zero-order valence-electron chi connectivity index (χ0n) is 13.0. The van der Waals surface area contributed by atoms with Crippen molar-refractivity contribution in [2.75, 3.05) is 6.54 Å². The van der Waals surface area contributed by atoms with Crippen molar-refractivity contribution in [3.8, 4) is 5.75 Å². The molecule has 1 amide bonds. The Morgan fingerprint density at radius 3 is 2.48 bits per heavy atom. The smallest absolute Gasteiger partial charge is 0.251 e.